The number of hydroxylamine groups is 1. The summed E-state index contributed by atoms with van der Waals surface area (Å²) in [5.74, 6) is -1.96. The van der Waals surface area contributed by atoms with Crippen LogP contribution in [0.25, 0.3) is 0 Å². The lowest BCUT2D eigenvalue weighted by molar-refractivity contribution is -0.126. The number of para-hydroxylation sites is 1. The van der Waals surface area contributed by atoms with Crippen LogP contribution in [0.3, 0.4) is 0 Å². The molecule has 3 atom stereocenters. The van der Waals surface area contributed by atoms with Crippen molar-refractivity contribution in [1.29, 1.82) is 0 Å². The minimum atomic E-state index is -0.953. The van der Waals surface area contributed by atoms with Gasteiger partial charge in [-0.05, 0) is 54.1 Å². The van der Waals surface area contributed by atoms with E-state index in [0.717, 1.165) is 21.8 Å². The SMILES string of the molecule is CN(C)c1ccc([C@@H]2[C@H]3C(=O)N(c4ccc(F)cc4)C(=O)[C@@H]3ON2c2ccccc2)cc1. The van der Waals surface area contributed by atoms with E-state index >= 15 is 0 Å². The maximum absolute atomic E-state index is 13.5. The smallest absolute Gasteiger partial charge is 0.266 e. The van der Waals surface area contributed by atoms with Gasteiger partial charge in [0.15, 0.2) is 6.10 Å². The second kappa shape index (κ2) is 7.76. The van der Waals surface area contributed by atoms with Crippen LogP contribution in [0.1, 0.15) is 11.6 Å². The molecule has 0 saturated carbocycles. The molecule has 3 aromatic carbocycles. The van der Waals surface area contributed by atoms with E-state index in [-0.39, 0.29) is 5.91 Å². The number of hydrogen-bond acceptors (Lipinski definition) is 5. The van der Waals surface area contributed by atoms with Crippen LogP contribution in [0.15, 0.2) is 78.9 Å². The third kappa shape index (κ3) is 3.22. The fraction of sp³-hybridized carbons (Fsp3) is 0.200. The number of halogens is 1. The summed E-state index contributed by atoms with van der Waals surface area (Å²) in [6.07, 6.45) is -0.953. The first kappa shape index (κ1) is 20.2. The molecule has 6 nitrogen and oxygen atoms in total. The van der Waals surface area contributed by atoms with E-state index in [0.29, 0.717) is 5.69 Å². The zero-order valence-electron chi connectivity index (χ0n) is 17.7. The van der Waals surface area contributed by atoms with Gasteiger partial charge in [0.1, 0.15) is 11.7 Å². The predicted octanol–water partition coefficient (Wildman–Crippen LogP) is 3.94. The molecule has 0 aliphatic carbocycles. The van der Waals surface area contributed by atoms with E-state index in [9.17, 15) is 14.0 Å². The van der Waals surface area contributed by atoms with E-state index in [1.54, 1.807) is 5.06 Å². The van der Waals surface area contributed by atoms with Crippen LogP contribution >= 0.6 is 0 Å². The molecule has 7 heteroatoms. The molecule has 0 radical (unpaired) electrons. The zero-order valence-corrected chi connectivity index (χ0v) is 17.7. The highest BCUT2D eigenvalue weighted by molar-refractivity contribution is 6.23. The maximum atomic E-state index is 13.5. The number of hydrogen-bond donors (Lipinski definition) is 0. The standard InChI is InChI=1S/C25H22FN3O3/c1-27(2)18-12-8-16(9-13-18)22-21-23(32-29(22)20-6-4-3-5-7-20)25(31)28(24(21)30)19-14-10-17(26)11-15-19/h3-15,21-23H,1-2H3/t21-,22-,23-/m1/s1. The van der Waals surface area contributed by atoms with E-state index in [2.05, 4.69) is 0 Å². The highest BCUT2D eigenvalue weighted by Crippen LogP contribution is 2.47. The summed E-state index contributed by atoms with van der Waals surface area (Å²) in [6, 6.07) is 22.1. The van der Waals surface area contributed by atoms with Gasteiger partial charge in [-0.1, -0.05) is 30.3 Å². The monoisotopic (exact) mass is 431 g/mol. The van der Waals surface area contributed by atoms with Crippen LogP contribution in [0.4, 0.5) is 21.5 Å². The molecule has 2 fully saturated rings. The van der Waals surface area contributed by atoms with Crippen LogP contribution in [0, 0.1) is 11.7 Å². The van der Waals surface area contributed by atoms with Crippen molar-refractivity contribution in [1.82, 2.24) is 0 Å². The first-order chi connectivity index (χ1) is 15.5. The Kier molecular flexibility index (Phi) is 4.90. The third-order valence-corrected chi connectivity index (χ3v) is 5.96. The summed E-state index contributed by atoms with van der Waals surface area (Å²) in [5, 5.41) is 1.66. The lowest BCUT2D eigenvalue weighted by Crippen LogP contribution is -2.37. The minimum Gasteiger partial charge on any atom is -0.378 e. The molecule has 162 valence electrons. The molecule has 2 amide bonds. The van der Waals surface area contributed by atoms with Crippen molar-refractivity contribution in [3.63, 3.8) is 0 Å². The molecule has 0 aromatic heterocycles. The molecule has 5 rings (SSSR count). The normalized spacial score (nSPS) is 22.4. The van der Waals surface area contributed by atoms with E-state index in [4.69, 9.17) is 4.84 Å². The Hall–Kier alpha value is -3.71. The van der Waals surface area contributed by atoms with Gasteiger partial charge in [0, 0.05) is 19.8 Å². The number of anilines is 3. The van der Waals surface area contributed by atoms with Crippen molar-refractivity contribution >= 4 is 28.9 Å². The molecule has 0 N–H and O–H groups in total. The molecule has 2 aliphatic rings. The van der Waals surface area contributed by atoms with Gasteiger partial charge in [-0.25, -0.2) is 14.4 Å². The second-order valence-corrected chi connectivity index (χ2v) is 8.13. The Bertz CT molecular complexity index is 1150. The summed E-state index contributed by atoms with van der Waals surface area (Å²) in [4.78, 5) is 36.0. The second-order valence-electron chi connectivity index (χ2n) is 8.13. The van der Waals surface area contributed by atoms with Crippen LogP contribution < -0.4 is 14.9 Å². The predicted molar refractivity (Wildman–Crippen MR) is 120 cm³/mol. The summed E-state index contributed by atoms with van der Waals surface area (Å²) in [7, 11) is 3.92. The summed E-state index contributed by atoms with van der Waals surface area (Å²) in [5.41, 5.74) is 3.00. The van der Waals surface area contributed by atoms with Gasteiger partial charge in [-0.2, -0.15) is 0 Å². The first-order valence-corrected chi connectivity index (χ1v) is 10.4. The average Bonchev–Trinajstić information content (AvgIpc) is 3.31. The highest BCUT2D eigenvalue weighted by atomic mass is 19.1. The van der Waals surface area contributed by atoms with Crippen LogP contribution in [-0.2, 0) is 14.4 Å². The number of carbonyl (C=O) groups is 2. The molecule has 0 spiro atoms. The Morgan fingerprint density at radius 2 is 1.47 bits per heavy atom. The molecule has 2 heterocycles. The topological polar surface area (TPSA) is 53.1 Å². The number of amides is 2. The van der Waals surface area contributed by atoms with Crippen molar-refractivity contribution < 1.29 is 18.8 Å². The van der Waals surface area contributed by atoms with Gasteiger partial charge in [0.25, 0.3) is 5.91 Å². The summed E-state index contributed by atoms with van der Waals surface area (Å²) < 4.78 is 13.4. The molecule has 32 heavy (non-hydrogen) atoms. The van der Waals surface area contributed by atoms with Crippen LogP contribution in [-0.4, -0.2) is 32.0 Å². The van der Waals surface area contributed by atoms with Crippen LogP contribution in [0.2, 0.25) is 0 Å². The van der Waals surface area contributed by atoms with Gasteiger partial charge in [0.2, 0.25) is 5.91 Å². The Morgan fingerprint density at radius 1 is 0.812 bits per heavy atom. The Labute approximate surface area is 185 Å². The van der Waals surface area contributed by atoms with Gasteiger partial charge in [-0.3, -0.25) is 14.4 Å². The Morgan fingerprint density at radius 3 is 2.09 bits per heavy atom. The van der Waals surface area contributed by atoms with Crippen molar-refractivity contribution in [2.75, 3.05) is 29.0 Å². The molecule has 0 bridgehead atoms. The van der Waals surface area contributed by atoms with E-state index in [1.165, 1.54) is 24.3 Å². The lowest BCUT2D eigenvalue weighted by atomic mass is 9.90. The fourth-order valence-corrected chi connectivity index (χ4v) is 4.37. The minimum absolute atomic E-state index is 0.340. The molecular weight excluding hydrogens is 409 g/mol. The number of nitrogens with zero attached hydrogens (tertiary/aromatic N) is 3. The molecule has 3 aromatic rings. The molecular formula is C25H22FN3O3. The number of fused-ring (bicyclic) bond motifs is 1. The number of imide groups is 1. The maximum Gasteiger partial charge on any atom is 0.266 e. The molecule has 2 saturated heterocycles. The highest BCUT2D eigenvalue weighted by Gasteiger charge is 2.60. The van der Waals surface area contributed by atoms with Crippen molar-refractivity contribution in [2.45, 2.75) is 12.1 Å². The average molecular weight is 431 g/mol. The van der Waals surface area contributed by atoms with Crippen molar-refractivity contribution in [2.24, 2.45) is 5.92 Å². The van der Waals surface area contributed by atoms with Gasteiger partial charge >= 0.3 is 0 Å². The van der Waals surface area contributed by atoms with E-state index in [1.807, 2.05) is 73.6 Å². The van der Waals surface area contributed by atoms with Gasteiger partial charge in [-0.15, -0.1) is 0 Å². The van der Waals surface area contributed by atoms with Crippen molar-refractivity contribution in [3.8, 4) is 0 Å². The summed E-state index contributed by atoms with van der Waals surface area (Å²) in [6.45, 7) is 0. The first-order valence-electron chi connectivity index (χ1n) is 10.4. The largest absolute Gasteiger partial charge is 0.378 e. The van der Waals surface area contributed by atoms with Crippen molar-refractivity contribution in [3.05, 3.63) is 90.2 Å². The summed E-state index contributed by atoms with van der Waals surface area (Å²) >= 11 is 0. The molecule has 2 aliphatic heterocycles. The zero-order chi connectivity index (χ0) is 22.4. The number of rotatable bonds is 4. The number of carbonyl (C=O) groups excluding carboxylic acids is 2. The molecule has 0 unspecified atom stereocenters. The van der Waals surface area contributed by atoms with Gasteiger partial charge < -0.3 is 4.90 Å². The fourth-order valence-electron chi connectivity index (χ4n) is 4.37. The Balaban J connectivity index is 1.56. The lowest BCUT2D eigenvalue weighted by Gasteiger charge is -2.29. The number of benzene rings is 3. The van der Waals surface area contributed by atoms with Crippen LogP contribution in [0.5, 0.6) is 0 Å². The third-order valence-electron chi connectivity index (χ3n) is 5.96. The van der Waals surface area contributed by atoms with E-state index < -0.39 is 29.8 Å². The quantitative estimate of drug-likeness (QED) is 0.586. The van der Waals surface area contributed by atoms with Gasteiger partial charge in [0.05, 0.1) is 17.4 Å².